The van der Waals surface area contributed by atoms with E-state index in [0.29, 0.717) is 13.0 Å². The third-order valence-corrected chi connectivity index (χ3v) is 4.12. The molecule has 5 heteroatoms. The van der Waals surface area contributed by atoms with Crippen molar-refractivity contribution in [1.82, 2.24) is 10.6 Å². The van der Waals surface area contributed by atoms with Gasteiger partial charge in [0.15, 0.2) is 0 Å². The molecule has 0 spiro atoms. The Labute approximate surface area is 115 Å². The van der Waals surface area contributed by atoms with Crippen LogP contribution < -0.4 is 10.6 Å². The number of aliphatic carboxylic acids is 1. The van der Waals surface area contributed by atoms with Gasteiger partial charge >= 0.3 is 12.0 Å². The van der Waals surface area contributed by atoms with Crippen LogP contribution in [0.15, 0.2) is 0 Å². The monoisotopic (exact) mass is 270 g/mol. The molecular formula is C14H26N2O3. The highest BCUT2D eigenvalue weighted by atomic mass is 16.4. The first-order valence-corrected chi connectivity index (χ1v) is 7.27. The highest BCUT2D eigenvalue weighted by Crippen LogP contribution is 2.28. The smallest absolute Gasteiger partial charge is 0.329 e. The number of rotatable bonds is 7. The van der Waals surface area contributed by atoms with Crippen LogP contribution in [0, 0.1) is 5.92 Å². The number of carboxylic acid groups (broad SMARTS) is 1. The second kappa shape index (κ2) is 7.36. The topological polar surface area (TPSA) is 78.4 Å². The van der Waals surface area contributed by atoms with Crippen molar-refractivity contribution in [2.45, 2.75) is 64.3 Å². The molecule has 0 aromatic rings. The lowest BCUT2D eigenvalue weighted by atomic mass is 10.00. The minimum Gasteiger partial charge on any atom is -0.480 e. The van der Waals surface area contributed by atoms with Gasteiger partial charge in [-0.05, 0) is 32.1 Å². The number of urea groups is 1. The van der Waals surface area contributed by atoms with Crippen LogP contribution in [0.3, 0.4) is 0 Å². The van der Waals surface area contributed by atoms with Gasteiger partial charge in [-0.2, -0.15) is 0 Å². The van der Waals surface area contributed by atoms with Crippen molar-refractivity contribution in [3.05, 3.63) is 0 Å². The molecule has 0 bridgehead atoms. The van der Waals surface area contributed by atoms with E-state index >= 15 is 0 Å². The van der Waals surface area contributed by atoms with E-state index in [-0.39, 0.29) is 0 Å². The predicted octanol–water partition coefficient (Wildman–Crippen LogP) is 2.51. The Morgan fingerprint density at radius 3 is 2.47 bits per heavy atom. The summed E-state index contributed by atoms with van der Waals surface area (Å²) in [5.41, 5.74) is -1.18. The summed E-state index contributed by atoms with van der Waals surface area (Å²) in [6.45, 7) is 3.88. The standard InChI is InChI=1S/C14H26N2O3/c1-3-14(2,12(17)18)16-13(19)15-10-6-9-11-7-4-5-8-11/h11H,3-10H2,1-2H3,(H,17,18)(H2,15,16,19). The van der Waals surface area contributed by atoms with E-state index in [9.17, 15) is 9.59 Å². The number of hydrogen-bond donors (Lipinski definition) is 3. The summed E-state index contributed by atoms with van der Waals surface area (Å²) in [7, 11) is 0. The minimum absolute atomic E-state index is 0.359. The first kappa shape index (κ1) is 15.8. The molecule has 1 aliphatic carbocycles. The summed E-state index contributed by atoms with van der Waals surface area (Å²) in [6.07, 6.45) is 7.80. The summed E-state index contributed by atoms with van der Waals surface area (Å²) in [5, 5.41) is 14.3. The van der Waals surface area contributed by atoms with Gasteiger partial charge in [0, 0.05) is 6.54 Å². The van der Waals surface area contributed by atoms with Crippen LogP contribution in [0.4, 0.5) is 4.79 Å². The molecule has 5 nitrogen and oxygen atoms in total. The predicted molar refractivity (Wildman–Crippen MR) is 74.1 cm³/mol. The summed E-state index contributed by atoms with van der Waals surface area (Å²) in [5.74, 6) is -0.180. The second-order valence-electron chi connectivity index (χ2n) is 5.66. The van der Waals surface area contributed by atoms with E-state index in [1.54, 1.807) is 6.92 Å². The maximum atomic E-state index is 11.6. The highest BCUT2D eigenvalue weighted by molar-refractivity contribution is 5.85. The number of carbonyl (C=O) groups is 2. The molecule has 1 unspecified atom stereocenters. The first-order chi connectivity index (χ1) is 8.98. The second-order valence-corrected chi connectivity index (χ2v) is 5.66. The molecule has 0 saturated heterocycles. The van der Waals surface area contributed by atoms with Crippen LogP contribution >= 0.6 is 0 Å². The van der Waals surface area contributed by atoms with Crippen molar-refractivity contribution in [3.8, 4) is 0 Å². The third kappa shape index (κ3) is 5.09. The average molecular weight is 270 g/mol. The van der Waals surface area contributed by atoms with Gasteiger partial charge in [0.05, 0.1) is 0 Å². The summed E-state index contributed by atoms with van der Waals surface area (Å²) in [4.78, 5) is 22.7. The Bertz CT molecular complexity index is 314. The zero-order chi connectivity index (χ0) is 14.3. The number of nitrogens with one attached hydrogen (secondary N) is 2. The molecule has 1 aliphatic rings. The van der Waals surface area contributed by atoms with Crippen LogP contribution in [0.25, 0.3) is 0 Å². The van der Waals surface area contributed by atoms with Crippen molar-refractivity contribution in [2.75, 3.05) is 6.54 Å². The van der Waals surface area contributed by atoms with E-state index in [4.69, 9.17) is 5.11 Å². The minimum atomic E-state index is -1.18. The van der Waals surface area contributed by atoms with Gasteiger partial charge in [0.2, 0.25) is 0 Å². The fraction of sp³-hybridized carbons (Fsp3) is 0.857. The molecule has 110 valence electrons. The first-order valence-electron chi connectivity index (χ1n) is 7.27. The summed E-state index contributed by atoms with van der Waals surface area (Å²) in [6, 6.07) is -0.391. The molecule has 2 amide bonds. The lowest BCUT2D eigenvalue weighted by molar-refractivity contribution is -0.143. The molecule has 3 N–H and O–H groups in total. The molecule has 1 rings (SSSR count). The zero-order valence-electron chi connectivity index (χ0n) is 12.0. The van der Waals surface area contributed by atoms with Gasteiger partial charge < -0.3 is 15.7 Å². The van der Waals surface area contributed by atoms with E-state index < -0.39 is 17.5 Å². The Kier molecular flexibility index (Phi) is 6.12. The van der Waals surface area contributed by atoms with Crippen molar-refractivity contribution in [2.24, 2.45) is 5.92 Å². The average Bonchev–Trinajstić information content (AvgIpc) is 2.87. The van der Waals surface area contributed by atoms with E-state index in [1.807, 2.05) is 0 Å². The van der Waals surface area contributed by atoms with Crippen molar-refractivity contribution >= 4 is 12.0 Å². The van der Waals surface area contributed by atoms with Crippen LogP contribution in [-0.4, -0.2) is 29.2 Å². The fourth-order valence-electron chi connectivity index (χ4n) is 2.48. The van der Waals surface area contributed by atoms with Crippen LogP contribution in [-0.2, 0) is 4.79 Å². The van der Waals surface area contributed by atoms with Crippen molar-refractivity contribution in [1.29, 1.82) is 0 Å². The fourth-order valence-corrected chi connectivity index (χ4v) is 2.48. The molecule has 1 saturated carbocycles. The highest BCUT2D eigenvalue weighted by Gasteiger charge is 2.32. The molecule has 0 heterocycles. The molecule has 1 fully saturated rings. The maximum absolute atomic E-state index is 11.6. The third-order valence-electron chi connectivity index (χ3n) is 4.12. The maximum Gasteiger partial charge on any atom is 0.329 e. The van der Waals surface area contributed by atoms with Crippen LogP contribution in [0.5, 0.6) is 0 Å². The van der Waals surface area contributed by atoms with Gasteiger partial charge in [-0.1, -0.05) is 32.6 Å². The zero-order valence-corrected chi connectivity index (χ0v) is 12.0. The van der Waals surface area contributed by atoms with Gasteiger partial charge in [-0.25, -0.2) is 9.59 Å². The van der Waals surface area contributed by atoms with Crippen LogP contribution in [0.2, 0.25) is 0 Å². The molecule has 0 aromatic carbocycles. The van der Waals surface area contributed by atoms with Gasteiger partial charge in [-0.15, -0.1) is 0 Å². The lowest BCUT2D eigenvalue weighted by Gasteiger charge is -2.24. The quantitative estimate of drug-likeness (QED) is 0.622. The van der Waals surface area contributed by atoms with Gasteiger partial charge in [0.25, 0.3) is 0 Å². The molecule has 1 atom stereocenters. The Balaban J connectivity index is 2.18. The van der Waals surface area contributed by atoms with Crippen molar-refractivity contribution < 1.29 is 14.7 Å². The van der Waals surface area contributed by atoms with Crippen LogP contribution in [0.1, 0.15) is 58.8 Å². The Hall–Kier alpha value is -1.26. The number of carbonyl (C=O) groups excluding carboxylic acids is 1. The largest absolute Gasteiger partial charge is 0.480 e. The number of hydrogen-bond acceptors (Lipinski definition) is 2. The number of amides is 2. The van der Waals surface area contributed by atoms with E-state index in [0.717, 1.165) is 18.8 Å². The molecule has 0 aliphatic heterocycles. The van der Waals surface area contributed by atoms with E-state index in [2.05, 4.69) is 10.6 Å². The Morgan fingerprint density at radius 1 is 1.32 bits per heavy atom. The van der Waals surface area contributed by atoms with E-state index in [1.165, 1.54) is 32.6 Å². The van der Waals surface area contributed by atoms with Gasteiger partial charge in [-0.3, -0.25) is 0 Å². The van der Waals surface area contributed by atoms with Crippen molar-refractivity contribution in [3.63, 3.8) is 0 Å². The SMILES string of the molecule is CCC(C)(NC(=O)NCCCC1CCCC1)C(=O)O. The van der Waals surface area contributed by atoms with Gasteiger partial charge in [0.1, 0.15) is 5.54 Å². The molecule has 0 aromatic heterocycles. The summed E-state index contributed by atoms with van der Waals surface area (Å²) >= 11 is 0. The Morgan fingerprint density at radius 2 is 1.95 bits per heavy atom. The lowest BCUT2D eigenvalue weighted by Crippen LogP contribution is -2.54. The normalized spacial score (nSPS) is 18.8. The summed E-state index contributed by atoms with van der Waals surface area (Å²) < 4.78 is 0. The molecule has 19 heavy (non-hydrogen) atoms. The molecule has 0 radical (unpaired) electrons. The molecular weight excluding hydrogens is 244 g/mol. The number of carboxylic acids is 1.